The van der Waals surface area contributed by atoms with Gasteiger partial charge in [-0.05, 0) is 44.9 Å². The van der Waals surface area contributed by atoms with E-state index < -0.39 is 74.2 Å². The zero-order valence-electron chi connectivity index (χ0n) is 40.3. The summed E-state index contributed by atoms with van der Waals surface area (Å²) in [6.07, 6.45) is 36.6. The fourth-order valence-corrected chi connectivity index (χ4v) is 8.41. The Morgan fingerprint density at radius 1 is 0.556 bits per heavy atom. The molecular formula is C52H99NO10. The normalized spacial score (nSPS) is 21.3. The number of hydrogen-bond acceptors (Lipinski definition) is 10. The molecule has 1 amide bonds. The molecule has 9 atom stereocenters. The van der Waals surface area contributed by atoms with Crippen LogP contribution in [0.15, 0.2) is 24.3 Å². The largest absolute Gasteiger partial charge is 0.394 e. The van der Waals surface area contributed by atoms with Gasteiger partial charge in [-0.15, -0.1) is 0 Å². The number of nitrogens with one attached hydrogen (secondary N) is 1. The highest BCUT2D eigenvalue weighted by Crippen LogP contribution is 2.23. The van der Waals surface area contributed by atoms with Gasteiger partial charge in [-0.3, -0.25) is 4.79 Å². The predicted molar refractivity (Wildman–Crippen MR) is 256 cm³/mol. The molecule has 1 heterocycles. The van der Waals surface area contributed by atoms with Crippen LogP contribution in [-0.4, -0.2) is 110 Å². The molecule has 1 aliphatic heterocycles. The van der Waals surface area contributed by atoms with Crippen molar-refractivity contribution in [2.24, 2.45) is 0 Å². The highest BCUT2D eigenvalue weighted by atomic mass is 16.7. The summed E-state index contributed by atoms with van der Waals surface area (Å²) in [7, 11) is 0. The number of aliphatic hydroxyl groups excluding tert-OH is 7. The number of hydrogen-bond donors (Lipinski definition) is 8. The van der Waals surface area contributed by atoms with Gasteiger partial charge in [-0.25, -0.2) is 0 Å². The summed E-state index contributed by atoms with van der Waals surface area (Å²) in [4.78, 5) is 13.1. The lowest BCUT2D eigenvalue weighted by molar-refractivity contribution is -0.303. The number of carbonyl (C=O) groups excluding carboxylic acids is 1. The Morgan fingerprint density at radius 2 is 0.968 bits per heavy atom. The molecule has 0 aliphatic carbocycles. The van der Waals surface area contributed by atoms with Crippen molar-refractivity contribution >= 4 is 5.91 Å². The summed E-state index contributed by atoms with van der Waals surface area (Å²) in [5.41, 5.74) is 0. The van der Waals surface area contributed by atoms with Crippen LogP contribution in [0.25, 0.3) is 0 Å². The zero-order valence-corrected chi connectivity index (χ0v) is 40.3. The van der Waals surface area contributed by atoms with Gasteiger partial charge >= 0.3 is 0 Å². The summed E-state index contributed by atoms with van der Waals surface area (Å²) in [5, 5.41) is 75.8. The summed E-state index contributed by atoms with van der Waals surface area (Å²) in [6, 6.07) is -1.17. The van der Waals surface area contributed by atoms with Crippen molar-refractivity contribution in [3.8, 4) is 0 Å². The van der Waals surface area contributed by atoms with E-state index in [1.54, 1.807) is 0 Å². The molecular weight excluding hydrogens is 799 g/mol. The Morgan fingerprint density at radius 3 is 1.41 bits per heavy atom. The fourth-order valence-electron chi connectivity index (χ4n) is 8.41. The first kappa shape index (κ1) is 59.6. The lowest BCUT2D eigenvalue weighted by Crippen LogP contribution is -2.60. The molecule has 0 bridgehead atoms. The molecule has 1 fully saturated rings. The molecule has 0 radical (unpaired) electrons. The van der Waals surface area contributed by atoms with E-state index in [2.05, 4.69) is 43.5 Å². The molecule has 9 unspecified atom stereocenters. The van der Waals surface area contributed by atoms with E-state index in [0.29, 0.717) is 19.3 Å². The molecule has 11 nitrogen and oxygen atoms in total. The van der Waals surface area contributed by atoms with E-state index >= 15 is 0 Å². The van der Waals surface area contributed by atoms with Crippen LogP contribution in [0.2, 0.25) is 0 Å². The molecule has 11 heteroatoms. The van der Waals surface area contributed by atoms with Gasteiger partial charge in [0.2, 0.25) is 5.91 Å². The molecule has 8 N–H and O–H groups in total. The minimum absolute atomic E-state index is 0.254. The van der Waals surface area contributed by atoms with Gasteiger partial charge in [0.25, 0.3) is 0 Å². The van der Waals surface area contributed by atoms with Crippen LogP contribution < -0.4 is 5.32 Å². The molecule has 0 spiro atoms. The van der Waals surface area contributed by atoms with Gasteiger partial charge < -0.3 is 50.5 Å². The van der Waals surface area contributed by atoms with Gasteiger partial charge in [0.05, 0.1) is 25.4 Å². The Balaban J connectivity index is 2.33. The van der Waals surface area contributed by atoms with Crippen molar-refractivity contribution in [3.05, 3.63) is 24.3 Å². The first-order valence-corrected chi connectivity index (χ1v) is 26.2. The third-order valence-corrected chi connectivity index (χ3v) is 12.8. The zero-order chi connectivity index (χ0) is 46.2. The minimum Gasteiger partial charge on any atom is -0.394 e. The van der Waals surface area contributed by atoms with Crippen LogP contribution in [0.5, 0.6) is 0 Å². The smallest absolute Gasteiger partial charge is 0.249 e. The molecule has 0 aromatic rings. The monoisotopic (exact) mass is 898 g/mol. The molecule has 0 aromatic carbocycles. The van der Waals surface area contributed by atoms with Crippen LogP contribution in [0.4, 0.5) is 0 Å². The first-order chi connectivity index (χ1) is 30.7. The highest BCUT2D eigenvalue weighted by molar-refractivity contribution is 5.80. The molecule has 0 aromatic heterocycles. The SMILES string of the molecule is CCCCCCCCCCC/C=C\C/C=C\CCCCCCCCCCC(O)C(=O)NC(COC1OC(CO)C(O)C(O)C1O)C(O)C(O)CCCCCCCCCCCCCC. The Bertz CT molecular complexity index is 1080. The van der Waals surface area contributed by atoms with Crippen LogP contribution in [0.3, 0.4) is 0 Å². The van der Waals surface area contributed by atoms with Gasteiger partial charge in [-0.2, -0.15) is 0 Å². The quantitative estimate of drug-likeness (QED) is 0.0216. The third kappa shape index (κ3) is 31.2. The van der Waals surface area contributed by atoms with Crippen molar-refractivity contribution in [1.29, 1.82) is 0 Å². The van der Waals surface area contributed by atoms with Gasteiger partial charge in [-0.1, -0.05) is 212 Å². The van der Waals surface area contributed by atoms with E-state index in [1.807, 2.05) is 0 Å². The Kier molecular flexibility index (Phi) is 39.7. The van der Waals surface area contributed by atoms with E-state index in [-0.39, 0.29) is 6.42 Å². The van der Waals surface area contributed by atoms with Crippen molar-refractivity contribution in [1.82, 2.24) is 5.32 Å². The Hall–Kier alpha value is -1.41. The summed E-state index contributed by atoms with van der Waals surface area (Å²) in [5.74, 6) is -0.701. The summed E-state index contributed by atoms with van der Waals surface area (Å²) < 4.78 is 11.1. The average molecular weight is 898 g/mol. The number of aliphatic hydroxyl groups is 7. The van der Waals surface area contributed by atoms with Crippen molar-refractivity contribution in [3.63, 3.8) is 0 Å². The first-order valence-electron chi connectivity index (χ1n) is 26.2. The molecule has 372 valence electrons. The van der Waals surface area contributed by atoms with Crippen LogP contribution >= 0.6 is 0 Å². The predicted octanol–water partition coefficient (Wildman–Crippen LogP) is 9.79. The molecule has 1 rings (SSSR count). The van der Waals surface area contributed by atoms with E-state index in [9.17, 15) is 40.5 Å². The second kappa shape index (κ2) is 42.0. The van der Waals surface area contributed by atoms with Crippen molar-refractivity contribution in [2.75, 3.05) is 13.2 Å². The van der Waals surface area contributed by atoms with Crippen LogP contribution in [-0.2, 0) is 14.3 Å². The van der Waals surface area contributed by atoms with E-state index in [1.165, 1.54) is 141 Å². The molecule has 0 saturated carbocycles. The lowest BCUT2D eigenvalue weighted by Gasteiger charge is -2.40. The minimum atomic E-state index is -1.66. The second-order valence-corrected chi connectivity index (χ2v) is 18.6. The number of carbonyl (C=O) groups is 1. The van der Waals surface area contributed by atoms with E-state index in [4.69, 9.17) is 9.47 Å². The lowest BCUT2D eigenvalue weighted by atomic mass is 9.98. The molecule has 63 heavy (non-hydrogen) atoms. The van der Waals surface area contributed by atoms with Crippen LogP contribution in [0.1, 0.15) is 232 Å². The molecule has 1 aliphatic rings. The van der Waals surface area contributed by atoms with Gasteiger partial charge in [0, 0.05) is 0 Å². The maximum Gasteiger partial charge on any atom is 0.249 e. The third-order valence-electron chi connectivity index (χ3n) is 12.8. The maximum atomic E-state index is 13.1. The standard InChI is InChI=1S/C52H99NO10/c1-3-5-7-9-11-13-15-17-18-19-20-21-22-23-24-25-26-27-28-30-32-34-36-38-40-45(56)51(61)53-43(42-62-52-50(60)49(59)48(58)46(41-54)63-52)47(57)44(55)39-37-35-33-31-29-16-14-12-10-8-6-4-2/h20-21,23-24,43-50,52,54-60H,3-19,22,25-42H2,1-2H3,(H,53,61)/b21-20-,24-23-. The average Bonchev–Trinajstić information content (AvgIpc) is 3.28. The number of amides is 1. The number of rotatable bonds is 44. The number of allylic oxidation sites excluding steroid dienone is 4. The van der Waals surface area contributed by atoms with Crippen molar-refractivity contribution in [2.45, 2.75) is 287 Å². The number of ether oxygens (including phenoxy) is 2. The van der Waals surface area contributed by atoms with Gasteiger partial charge in [0.1, 0.15) is 36.6 Å². The Labute approximate surface area is 384 Å². The van der Waals surface area contributed by atoms with Crippen molar-refractivity contribution < 1.29 is 50.0 Å². The summed E-state index contributed by atoms with van der Waals surface area (Å²) >= 11 is 0. The van der Waals surface area contributed by atoms with Gasteiger partial charge in [0.15, 0.2) is 6.29 Å². The maximum absolute atomic E-state index is 13.1. The second-order valence-electron chi connectivity index (χ2n) is 18.6. The highest BCUT2D eigenvalue weighted by Gasteiger charge is 2.44. The summed E-state index contributed by atoms with van der Waals surface area (Å²) in [6.45, 7) is 3.44. The fraction of sp³-hybridized carbons (Fsp3) is 0.904. The van der Waals surface area contributed by atoms with E-state index in [0.717, 1.165) is 51.4 Å². The number of unbranched alkanes of at least 4 members (excludes halogenated alkanes) is 28. The topological polar surface area (TPSA) is 189 Å². The van der Waals surface area contributed by atoms with Crippen LogP contribution in [0, 0.1) is 0 Å². The molecule has 1 saturated heterocycles.